The van der Waals surface area contributed by atoms with E-state index in [1.807, 2.05) is 36.4 Å². The Morgan fingerprint density at radius 1 is 0.960 bits per heavy atom. The summed E-state index contributed by atoms with van der Waals surface area (Å²) < 4.78 is 15.8. The third-order valence-corrected chi connectivity index (χ3v) is 4.18. The molecule has 5 heteroatoms. The lowest BCUT2D eigenvalue weighted by Crippen LogP contribution is -2.36. The Labute approximate surface area is 148 Å². The maximum absolute atomic E-state index is 12.6. The van der Waals surface area contributed by atoms with E-state index in [1.54, 1.807) is 19.2 Å². The van der Waals surface area contributed by atoms with E-state index >= 15 is 0 Å². The van der Waals surface area contributed by atoms with E-state index in [4.69, 9.17) is 14.2 Å². The number of nitrogens with zero attached hydrogens (tertiary/aromatic N) is 1. The Morgan fingerprint density at radius 3 is 2.16 bits per heavy atom. The average Bonchev–Trinajstić information content (AvgIpc) is 2.69. The quantitative estimate of drug-likeness (QED) is 0.572. The second-order valence-electron chi connectivity index (χ2n) is 5.84. The minimum absolute atomic E-state index is 0.0111. The summed E-state index contributed by atoms with van der Waals surface area (Å²) in [7, 11) is 1.63. The molecule has 2 aromatic carbocycles. The molecule has 132 valence electrons. The van der Waals surface area contributed by atoms with Crippen LogP contribution in [0.2, 0.25) is 0 Å². The number of ether oxygens (including phenoxy) is 3. The highest BCUT2D eigenvalue weighted by molar-refractivity contribution is 6.09. The van der Waals surface area contributed by atoms with Crippen molar-refractivity contribution in [2.24, 2.45) is 0 Å². The fourth-order valence-electron chi connectivity index (χ4n) is 2.76. The van der Waals surface area contributed by atoms with Crippen molar-refractivity contribution in [2.45, 2.75) is 0 Å². The van der Waals surface area contributed by atoms with E-state index in [2.05, 4.69) is 4.90 Å². The molecule has 0 saturated carbocycles. The largest absolute Gasteiger partial charge is 0.491 e. The van der Waals surface area contributed by atoms with Crippen LogP contribution in [0.15, 0.2) is 48.5 Å². The molecule has 1 saturated heterocycles. The number of carbonyl (C=O) groups is 1. The van der Waals surface area contributed by atoms with Gasteiger partial charge in [0.15, 0.2) is 5.78 Å². The third-order valence-electron chi connectivity index (χ3n) is 4.18. The van der Waals surface area contributed by atoms with Gasteiger partial charge in [-0.2, -0.15) is 0 Å². The van der Waals surface area contributed by atoms with Crippen molar-refractivity contribution >= 4 is 11.5 Å². The predicted octanol–water partition coefficient (Wildman–Crippen LogP) is 2.78. The third kappa shape index (κ3) is 4.59. The molecule has 5 nitrogen and oxygen atoms in total. The van der Waals surface area contributed by atoms with Crippen LogP contribution in [-0.2, 0) is 9.47 Å². The summed E-state index contributed by atoms with van der Waals surface area (Å²) in [6.07, 6.45) is 0. The van der Waals surface area contributed by atoms with Crippen LogP contribution in [0.3, 0.4) is 0 Å². The molecule has 1 aliphatic heterocycles. The van der Waals surface area contributed by atoms with Crippen molar-refractivity contribution in [2.75, 3.05) is 51.5 Å². The van der Waals surface area contributed by atoms with Crippen LogP contribution in [0, 0.1) is 0 Å². The lowest BCUT2D eigenvalue weighted by atomic mass is 10.0. The number of benzene rings is 2. The molecule has 0 radical (unpaired) electrons. The smallest absolute Gasteiger partial charge is 0.193 e. The first kappa shape index (κ1) is 17.5. The topological polar surface area (TPSA) is 48.0 Å². The predicted molar refractivity (Wildman–Crippen MR) is 96.7 cm³/mol. The zero-order valence-corrected chi connectivity index (χ0v) is 14.4. The molecule has 0 aromatic heterocycles. The van der Waals surface area contributed by atoms with Crippen molar-refractivity contribution < 1.29 is 19.0 Å². The lowest BCUT2D eigenvalue weighted by Gasteiger charge is -2.28. The normalized spacial score (nSPS) is 14.4. The molecular weight excluding hydrogens is 318 g/mol. The van der Waals surface area contributed by atoms with Gasteiger partial charge in [0.2, 0.25) is 0 Å². The molecule has 25 heavy (non-hydrogen) atoms. The molecule has 0 atom stereocenters. The van der Waals surface area contributed by atoms with Gasteiger partial charge in [0, 0.05) is 37.0 Å². The summed E-state index contributed by atoms with van der Waals surface area (Å²) in [5.74, 6) is 0.744. The molecular formula is C20H23NO4. The summed E-state index contributed by atoms with van der Waals surface area (Å²) in [5, 5.41) is 0. The lowest BCUT2D eigenvalue weighted by molar-refractivity contribution is 0.103. The van der Waals surface area contributed by atoms with Crippen LogP contribution in [0.1, 0.15) is 15.9 Å². The van der Waals surface area contributed by atoms with Gasteiger partial charge in [-0.3, -0.25) is 4.79 Å². The summed E-state index contributed by atoms with van der Waals surface area (Å²) in [4.78, 5) is 14.9. The van der Waals surface area contributed by atoms with E-state index in [-0.39, 0.29) is 5.78 Å². The van der Waals surface area contributed by atoms with Gasteiger partial charge in [-0.1, -0.05) is 0 Å². The van der Waals surface area contributed by atoms with Crippen molar-refractivity contribution in [1.82, 2.24) is 0 Å². The van der Waals surface area contributed by atoms with E-state index in [1.165, 1.54) is 0 Å². The van der Waals surface area contributed by atoms with Crippen LogP contribution < -0.4 is 9.64 Å². The second-order valence-corrected chi connectivity index (χ2v) is 5.84. The maximum Gasteiger partial charge on any atom is 0.193 e. The second kappa shape index (κ2) is 8.65. The number of hydrogen-bond donors (Lipinski definition) is 0. The van der Waals surface area contributed by atoms with Crippen molar-refractivity contribution in [3.8, 4) is 5.75 Å². The average molecular weight is 341 g/mol. The van der Waals surface area contributed by atoms with E-state index < -0.39 is 0 Å². The Kier molecular flexibility index (Phi) is 6.04. The molecule has 3 rings (SSSR count). The van der Waals surface area contributed by atoms with Crippen LogP contribution in [-0.4, -0.2) is 52.4 Å². The van der Waals surface area contributed by atoms with E-state index in [0.717, 1.165) is 37.7 Å². The Bertz CT molecular complexity index is 676. The summed E-state index contributed by atoms with van der Waals surface area (Å²) >= 11 is 0. The zero-order valence-electron chi connectivity index (χ0n) is 14.4. The standard InChI is InChI=1S/C20H23NO4/c1-23-14-15-25-19-8-4-17(5-9-19)20(22)16-2-6-18(7-3-16)21-10-12-24-13-11-21/h2-9H,10-15H2,1H3. The summed E-state index contributed by atoms with van der Waals surface area (Å²) in [6.45, 7) is 4.30. The number of ketones is 1. The maximum atomic E-state index is 12.6. The number of morpholine rings is 1. The summed E-state index contributed by atoms with van der Waals surface area (Å²) in [6, 6.07) is 15.0. The Morgan fingerprint density at radius 2 is 1.56 bits per heavy atom. The monoisotopic (exact) mass is 341 g/mol. The Hall–Kier alpha value is -2.37. The zero-order chi connectivity index (χ0) is 17.5. The minimum atomic E-state index is 0.0111. The molecule has 1 fully saturated rings. The molecule has 0 N–H and O–H groups in total. The number of carbonyl (C=O) groups excluding carboxylic acids is 1. The van der Waals surface area contributed by atoms with Crippen molar-refractivity contribution in [3.63, 3.8) is 0 Å². The van der Waals surface area contributed by atoms with E-state index in [0.29, 0.717) is 24.3 Å². The van der Waals surface area contributed by atoms with Crippen molar-refractivity contribution in [3.05, 3.63) is 59.7 Å². The van der Waals surface area contributed by atoms with Crippen LogP contribution in [0.25, 0.3) is 0 Å². The number of hydrogen-bond acceptors (Lipinski definition) is 5. The first-order valence-corrected chi connectivity index (χ1v) is 8.47. The van der Waals surface area contributed by atoms with Gasteiger partial charge < -0.3 is 19.1 Å². The highest BCUT2D eigenvalue weighted by atomic mass is 16.5. The van der Waals surface area contributed by atoms with E-state index in [9.17, 15) is 4.79 Å². The summed E-state index contributed by atoms with van der Waals surface area (Å²) in [5.41, 5.74) is 2.46. The molecule has 0 aliphatic carbocycles. The van der Waals surface area contributed by atoms with Gasteiger partial charge in [0.1, 0.15) is 12.4 Å². The van der Waals surface area contributed by atoms with Gasteiger partial charge >= 0.3 is 0 Å². The Balaban J connectivity index is 1.64. The first-order chi connectivity index (χ1) is 12.3. The molecule has 0 amide bonds. The molecule has 1 aliphatic rings. The van der Waals surface area contributed by atoms with Gasteiger partial charge in [0.25, 0.3) is 0 Å². The molecule has 2 aromatic rings. The highest BCUT2D eigenvalue weighted by Gasteiger charge is 2.13. The minimum Gasteiger partial charge on any atom is -0.491 e. The molecule has 1 heterocycles. The van der Waals surface area contributed by atoms with Crippen LogP contribution in [0.5, 0.6) is 5.75 Å². The fraction of sp³-hybridized carbons (Fsp3) is 0.350. The number of methoxy groups -OCH3 is 1. The number of rotatable bonds is 7. The van der Waals surface area contributed by atoms with Crippen LogP contribution in [0.4, 0.5) is 5.69 Å². The van der Waals surface area contributed by atoms with Crippen molar-refractivity contribution in [1.29, 1.82) is 0 Å². The van der Waals surface area contributed by atoms with Crippen LogP contribution >= 0.6 is 0 Å². The molecule has 0 bridgehead atoms. The molecule has 0 spiro atoms. The first-order valence-electron chi connectivity index (χ1n) is 8.47. The fourth-order valence-corrected chi connectivity index (χ4v) is 2.76. The van der Waals surface area contributed by atoms with Gasteiger partial charge in [-0.15, -0.1) is 0 Å². The SMILES string of the molecule is COCCOc1ccc(C(=O)c2ccc(N3CCOCC3)cc2)cc1. The number of anilines is 1. The van der Waals surface area contributed by atoms with Gasteiger partial charge in [-0.25, -0.2) is 0 Å². The van der Waals surface area contributed by atoms with Gasteiger partial charge in [0.05, 0.1) is 19.8 Å². The molecule has 0 unspecified atom stereocenters. The highest BCUT2D eigenvalue weighted by Crippen LogP contribution is 2.20. The van der Waals surface area contributed by atoms with Gasteiger partial charge in [-0.05, 0) is 48.5 Å².